The molecule has 0 aromatic carbocycles. The van der Waals surface area contributed by atoms with Gasteiger partial charge in [0.25, 0.3) is 5.91 Å². The molecule has 4 atom stereocenters. The number of aromatic nitrogens is 2. The zero-order chi connectivity index (χ0) is 16.3. The highest BCUT2D eigenvalue weighted by Gasteiger charge is 2.30. The minimum absolute atomic E-state index is 0.163. The van der Waals surface area contributed by atoms with Crippen molar-refractivity contribution in [1.29, 1.82) is 0 Å². The summed E-state index contributed by atoms with van der Waals surface area (Å²) in [5.74, 6) is 0.287. The third-order valence-corrected chi connectivity index (χ3v) is 4.63. The summed E-state index contributed by atoms with van der Waals surface area (Å²) < 4.78 is 6.73. The summed E-state index contributed by atoms with van der Waals surface area (Å²) in [6.45, 7) is 5.98. The Labute approximate surface area is 131 Å². The Balaban J connectivity index is 1.88. The monoisotopic (exact) mass is 307 g/mol. The number of aryl methyl sites for hydroxylation is 1. The lowest BCUT2D eigenvalue weighted by molar-refractivity contribution is -0.130. The standard InChI is InChI=1S/C16H25N3O3/c1-10-6-5-7-14(11(10)2)18-15(20)12(3)22-16(21)13-8-17-19(4)9-13/h8-12,14H,5-7H2,1-4H3,(H,18,20)/t10-,11-,12-,14+/m0/s1. The SMILES string of the molecule is C[C@H]1[C@@H](C)CCC[C@H]1NC(=O)[C@H](C)OC(=O)c1cnn(C)c1. The lowest BCUT2D eigenvalue weighted by Crippen LogP contribution is -2.47. The second kappa shape index (κ2) is 6.94. The number of hydrogen-bond acceptors (Lipinski definition) is 4. The first-order valence-electron chi connectivity index (χ1n) is 7.88. The topological polar surface area (TPSA) is 73.2 Å². The fourth-order valence-electron chi connectivity index (χ4n) is 2.89. The van der Waals surface area contributed by atoms with E-state index in [4.69, 9.17) is 4.74 Å². The van der Waals surface area contributed by atoms with Crippen LogP contribution in [0.3, 0.4) is 0 Å². The van der Waals surface area contributed by atoms with Gasteiger partial charge in [0.1, 0.15) is 0 Å². The molecule has 1 amide bonds. The van der Waals surface area contributed by atoms with Crippen LogP contribution in [0.5, 0.6) is 0 Å². The minimum atomic E-state index is -0.808. The van der Waals surface area contributed by atoms with Crippen LogP contribution in [0.15, 0.2) is 12.4 Å². The van der Waals surface area contributed by atoms with E-state index in [1.807, 2.05) is 0 Å². The number of ether oxygens (including phenoxy) is 1. The van der Waals surface area contributed by atoms with Crippen molar-refractivity contribution in [3.05, 3.63) is 18.0 Å². The molecule has 6 nitrogen and oxygen atoms in total. The zero-order valence-corrected chi connectivity index (χ0v) is 13.7. The van der Waals surface area contributed by atoms with Crippen LogP contribution in [0.25, 0.3) is 0 Å². The summed E-state index contributed by atoms with van der Waals surface area (Å²) in [5.41, 5.74) is 0.349. The molecule has 2 rings (SSSR count). The Hall–Kier alpha value is -1.85. The van der Waals surface area contributed by atoms with E-state index < -0.39 is 12.1 Å². The Kier molecular flexibility index (Phi) is 5.21. The zero-order valence-electron chi connectivity index (χ0n) is 13.7. The Morgan fingerprint density at radius 1 is 1.41 bits per heavy atom. The molecule has 0 aliphatic heterocycles. The Morgan fingerprint density at radius 2 is 2.14 bits per heavy atom. The van der Waals surface area contributed by atoms with E-state index in [9.17, 15) is 9.59 Å². The van der Waals surface area contributed by atoms with Gasteiger partial charge >= 0.3 is 5.97 Å². The van der Waals surface area contributed by atoms with E-state index in [0.29, 0.717) is 17.4 Å². The maximum absolute atomic E-state index is 12.2. The summed E-state index contributed by atoms with van der Waals surface area (Å²) in [5, 5.41) is 6.94. The summed E-state index contributed by atoms with van der Waals surface area (Å²) >= 11 is 0. The van der Waals surface area contributed by atoms with Gasteiger partial charge in [-0.05, 0) is 25.2 Å². The first-order chi connectivity index (χ1) is 10.4. The van der Waals surface area contributed by atoms with Crippen LogP contribution in [-0.2, 0) is 16.6 Å². The highest BCUT2D eigenvalue weighted by molar-refractivity contribution is 5.91. The van der Waals surface area contributed by atoms with Crippen LogP contribution in [0.2, 0.25) is 0 Å². The largest absolute Gasteiger partial charge is 0.449 e. The van der Waals surface area contributed by atoms with Gasteiger partial charge in [0.05, 0.1) is 11.8 Å². The number of nitrogens with one attached hydrogen (secondary N) is 1. The summed E-state index contributed by atoms with van der Waals surface area (Å²) in [4.78, 5) is 24.2. The Morgan fingerprint density at radius 3 is 2.77 bits per heavy atom. The van der Waals surface area contributed by atoms with Gasteiger partial charge in [0, 0.05) is 19.3 Å². The molecule has 0 spiro atoms. The molecular weight excluding hydrogens is 282 g/mol. The first kappa shape index (κ1) is 16.5. The van der Waals surface area contributed by atoms with Crippen molar-refractivity contribution in [2.75, 3.05) is 0 Å². The molecule has 1 aliphatic carbocycles. The number of carbonyl (C=O) groups excluding carboxylic acids is 2. The van der Waals surface area contributed by atoms with Gasteiger partial charge in [-0.1, -0.05) is 26.7 Å². The predicted octanol–water partition coefficient (Wildman–Crippen LogP) is 1.91. The molecule has 1 saturated carbocycles. The molecule has 122 valence electrons. The second-order valence-corrected chi connectivity index (χ2v) is 6.33. The normalized spacial score (nSPS) is 26.3. The second-order valence-electron chi connectivity index (χ2n) is 6.33. The summed E-state index contributed by atoms with van der Waals surface area (Å²) in [7, 11) is 1.72. The molecule has 0 radical (unpaired) electrons. The van der Waals surface area contributed by atoms with Crippen LogP contribution >= 0.6 is 0 Å². The molecule has 6 heteroatoms. The fourth-order valence-corrected chi connectivity index (χ4v) is 2.89. The first-order valence-corrected chi connectivity index (χ1v) is 7.88. The van der Waals surface area contributed by atoms with Gasteiger partial charge in [0.15, 0.2) is 6.10 Å². The third-order valence-electron chi connectivity index (χ3n) is 4.63. The Bertz CT molecular complexity index is 540. The van der Waals surface area contributed by atoms with E-state index >= 15 is 0 Å². The van der Waals surface area contributed by atoms with Gasteiger partial charge in [-0.15, -0.1) is 0 Å². The highest BCUT2D eigenvalue weighted by atomic mass is 16.5. The lowest BCUT2D eigenvalue weighted by Gasteiger charge is -2.35. The van der Waals surface area contributed by atoms with Crippen LogP contribution < -0.4 is 5.32 Å². The molecular formula is C16H25N3O3. The van der Waals surface area contributed by atoms with Gasteiger partial charge in [-0.25, -0.2) is 4.79 Å². The molecule has 1 aromatic rings. The van der Waals surface area contributed by atoms with Crippen molar-refractivity contribution < 1.29 is 14.3 Å². The number of esters is 1. The molecule has 1 N–H and O–H groups in total. The van der Waals surface area contributed by atoms with Crippen LogP contribution in [0.1, 0.15) is 50.4 Å². The fraction of sp³-hybridized carbons (Fsp3) is 0.688. The summed E-state index contributed by atoms with van der Waals surface area (Å²) in [6.07, 6.45) is 5.51. The number of carbonyl (C=O) groups is 2. The average Bonchev–Trinajstić information content (AvgIpc) is 2.90. The van der Waals surface area contributed by atoms with Crippen LogP contribution in [0.4, 0.5) is 0 Å². The maximum Gasteiger partial charge on any atom is 0.342 e. The van der Waals surface area contributed by atoms with E-state index in [1.54, 1.807) is 20.2 Å². The molecule has 1 fully saturated rings. The van der Waals surface area contributed by atoms with Gasteiger partial charge in [0.2, 0.25) is 0 Å². The lowest BCUT2D eigenvalue weighted by atomic mass is 9.78. The average molecular weight is 307 g/mol. The quantitative estimate of drug-likeness (QED) is 0.862. The number of rotatable bonds is 4. The molecule has 1 heterocycles. The van der Waals surface area contributed by atoms with E-state index in [-0.39, 0.29) is 11.9 Å². The smallest absolute Gasteiger partial charge is 0.342 e. The molecule has 0 saturated heterocycles. The molecule has 1 aromatic heterocycles. The number of amides is 1. The summed E-state index contributed by atoms with van der Waals surface area (Å²) in [6, 6.07) is 0.163. The van der Waals surface area contributed by atoms with E-state index in [2.05, 4.69) is 24.3 Å². The van der Waals surface area contributed by atoms with Crippen molar-refractivity contribution >= 4 is 11.9 Å². The van der Waals surface area contributed by atoms with Crippen molar-refractivity contribution in [1.82, 2.24) is 15.1 Å². The van der Waals surface area contributed by atoms with E-state index in [0.717, 1.165) is 12.8 Å². The number of hydrogen-bond donors (Lipinski definition) is 1. The molecule has 0 bridgehead atoms. The van der Waals surface area contributed by atoms with Crippen LogP contribution in [0, 0.1) is 11.8 Å². The van der Waals surface area contributed by atoms with Crippen molar-refractivity contribution in [2.45, 2.75) is 52.2 Å². The highest BCUT2D eigenvalue weighted by Crippen LogP contribution is 2.29. The molecule has 1 aliphatic rings. The van der Waals surface area contributed by atoms with Gasteiger partial charge in [-0.2, -0.15) is 5.10 Å². The maximum atomic E-state index is 12.2. The van der Waals surface area contributed by atoms with Gasteiger partial charge in [-0.3, -0.25) is 9.48 Å². The predicted molar refractivity (Wildman–Crippen MR) is 82.2 cm³/mol. The van der Waals surface area contributed by atoms with Crippen molar-refractivity contribution in [3.8, 4) is 0 Å². The third kappa shape index (κ3) is 3.87. The molecule has 22 heavy (non-hydrogen) atoms. The van der Waals surface area contributed by atoms with Crippen molar-refractivity contribution in [3.63, 3.8) is 0 Å². The minimum Gasteiger partial charge on any atom is -0.449 e. The molecule has 0 unspecified atom stereocenters. The van der Waals surface area contributed by atoms with Crippen molar-refractivity contribution in [2.24, 2.45) is 18.9 Å². The van der Waals surface area contributed by atoms with E-state index in [1.165, 1.54) is 17.3 Å². The van der Waals surface area contributed by atoms with Gasteiger partial charge < -0.3 is 10.1 Å². The number of nitrogens with zero attached hydrogens (tertiary/aromatic N) is 2. The van der Waals surface area contributed by atoms with Crippen LogP contribution in [-0.4, -0.2) is 33.8 Å².